The number of hydrogen-bond acceptors (Lipinski definition) is 3. The van der Waals surface area contributed by atoms with Crippen LogP contribution in [0.3, 0.4) is 0 Å². The van der Waals surface area contributed by atoms with Crippen molar-refractivity contribution in [2.45, 2.75) is 6.92 Å². The second-order valence-corrected chi connectivity index (χ2v) is 4.90. The van der Waals surface area contributed by atoms with Crippen LogP contribution < -0.4 is 15.4 Å². The van der Waals surface area contributed by atoms with E-state index in [4.69, 9.17) is 4.74 Å². The fourth-order valence-corrected chi connectivity index (χ4v) is 1.96. The minimum absolute atomic E-state index is 0.0944. The van der Waals surface area contributed by atoms with Crippen molar-refractivity contribution in [1.82, 2.24) is 0 Å². The quantitative estimate of drug-likeness (QED) is 0.767. The molecule has 0 fully saturated rings. The summed E-state index contributed by atoms with van der Waals surface area (Å²) in [6, 6.07) is 15.2. The van der Waals surface area contributed by atoms with E-state index in [-0.39, 0.29) is 12.5 Å². The summed E-state index contributed by atoms with van der Waals surface area (Å²) < 4.78 is 5.45. The fourth-order valence-electron chi connectivity index (χ4n) is 1.96. The Morgan fingerprint density at radius 1 is 1.18 bits per heavy atom. The summed E-state index contributed by atoms with van der Waals surface area (Å²) in [5, 5.41) is 5.93. The number of benzene rings is 2. The Morgan fingerprint density at radius 2 is 1.95 bits per heavy atom. The van der Waals surface area contributed by atoms with Crippen molar-refractivity contribution >= 4 is 17.3 Å². The molecule has 0 atom stereocenters. The molecule has 0 unspecified atom stereocenters. The van der Waals surface area contributed by atoms with E-state index >= 15 is 0 Å². The molecule has 0 aliphatic rings. The van der Waals surface area contributed by atoms with Crippen molar-refractivity contribution < 1.29 is 9.53 Å². The first-order valence-corrected chi connectivity index (χ1v) is 7.11. The predicted octanol–water partition coefficient (Wildman–Crippen LogP) is 3.61. The van der Waals surface area contributed by atoms with Gasteiger partial charge in [-0.1, -0.05) is 30.9 Å². The Morgan fingerprint density at radius 3 is 2.73 bits per heavy atom. The molecule has 1 amide bonds. The summed E-state index contributed by atoms with van der Waals surface area (Å²) in [5.74, 6) is 0.645. The monoisotopic (exact) mass is 296 g/mol. The summed E-state index contributed by atoms with van der Waals surface area (Å²) in [4.78, 5) is 11.9. The smallest absolute Gasteiger partial charge is 0.243 e. The van der Waals surface area contributed by atoms with E-state index in [0.717, 1.165) is 22.7 Å². The van der Waals surface area contributed by atoms with E-state index in [0.29, 0.717) is 6.61 Å². The van der Waals surface area contributed by atoms with Gasteiger partial charge < -0.3 is 15.4 Å². The summed E-state index contributed by atoms with van der Waals surface area (Å²) >= 11 is 0. The molecule has 2 N–H and O–H groups in total. The molecule has 2 aromatic carbocycles. The Labute approximate surface area is 130 Å². The predicted molar refractivity (Wildman–Crippen MR) is 90.4 cm³/mol. The molecule has 0 saturated carbocycles. The Bertz CT molecular complexity index is 653. The first kappa shape index (κ1) is 15.6. The van der Waals surface area contributed by atoms with Crippen LogP contribution in [0.2, 0.25) is 0 Å². The van der Waals surface area contributed by atoms with Crippen molar-refractivity contribution in [1.29, 1.82) is 0 Å². The third-order valence-corrected chi connectivity index (χ3v) is 2.96. The maximum atomic E-state index is 11.9. The first-order valence-electron chi connectivity index (χ1n) is 7.11. The molecule has 0 saturated heterocycles. The van der Waals surface area contributed by atoms with Crippen molar-refractivity contribution in [2.75, 3.05) is 23.8 Å². The number of amides is 1. The summed E-state index contributed by atoms with van der Waals surface area (Å²) in [6.07, 6.45) is 1.69. The van der Waals surface area contributed by atoms with Gasteiger partial charge in [-0.25, -0.2) is 0 Å². The maximum absolute atomic E-state index is 11.9. The first-order chi connectivity index (χ1) is 10.7. The van der Waals surface area contributed by atoms with Crippen LogP contribution in [0.4, 0.5) is 11.4 Å². The highest BCUT2D eigenvalue weighted by Crippen LogP contribution is 2.17. The van der Waals surface area contributed by atoms with Crippen LogP contribution >= 0.6 is 0 Å². The molecular weight excluding hydrogens is 276 g/mol. The van der Waals surface area contributed by atoms with E-state index in [9.17, 15) is 4.79 Å². The molecule has 4 nitrogen and oxygen atoms in total. The molecule has 0 aliphatic carbocycles. The van der Waals surface area contributed by atoms with Crippen LogP contribution in [0.1, 0.15) is 5.56 Å². The Balaban J connectivity index is 1.86. The number of hydrogen-bond donors (Lipinski definition) is 2. The minimum atomic E-state index is -0.0944. The van der Waals surface area contributed by atoms with Gasteiger partial charge in [0.25, 0.3) is 0 Å². The molecule has 2 aromatic rings. The topological polar surface area (TPSA) is 50.4 Å². The highest BCUT2D eigenvalue weighted by atomic mass is 16.5. The van der Waals surface area contributed by atoms with Gasteiger partial charge in [-0.2, -0.15) is 0 Å². The van der Waals surface area contributed by atoms with Crippen LogP contribution in [0.15, 0.2) is 61.2 Å². The SMILES string of the molecule is C=CCOc1cccc(NCC(=O)Nc2cccc(C)c2)c1. The number of carbonyl (C=O) groups excluding carboxylic acids is 1. The van der Waals surface area contributed by atoms with Gasteiger partial charge in [0, 0.05) is 17.4 Å². The molecule has 114 valence electrons. The average Bonchev–Trinajstić information content (AvgIpc) is 2.51. The Hall–Kier alpha value is -2.75. The zero-order valence-corrected chi connectivity index (χ0v) is 12.6. The van der Waals surface area contributed by atoms with Gasteiger partial charge in [0.1, 0.15) is 12.4 Å². The lowest BCUT2D eigenvalue weighted by Crippen LogP contribution is -2.21. The van der Waals surface area contributed by atoms with Gasteiger partial charge in [0.2, 0.25) is 5.91 Å². The van der Waals surface area contributed by atoms with Crippen molar-refractivity contribution in [3.63, 3.8) is 0 Å². The van der Waals surface area contributed by atoms with Crippen LogP contribution in [0.5, 0.6) is 5.75 Å². The van der Waals surface area contributed by atoms with Crippen molar-refractivity contribution in [3.05, 3.63) is 66.7 Å². The number of nitrogens with one attached hydrogen (secondary N) is 2. The van der Waals surface area contributed by atoms with E-state index in [1.54, 1.807) is 6.08 Å². The average molecular weight is 296 g/mol. The zero-order chi connectivity index (χ0) is 15.8. The third kappa shape index (κ3) is 4.98. The normalized spacial score (nSPS) is 9.86. The van der Waals surface area contributed by atoms with Gasteiger partial charge in [-0.3, -0.25) is 4.79 Å². The molecule has 0 bridgehead atoms. The van der Waals surface area contributed by atoms with Crippen LogP contribution in [0.25, 0.3) is 0 Å². The molecule has 0 radical (unpaired) electrons. The van der Waals surface area contributed by atoms with Gasteiger partial charge in [0.05, 0.1) is 6.54 Å². The van der Waals surface area contributed by atoms with Crippen LogP contribution in [0, 0.1) is 6.92 Å². The molecular formula is C18H20N2O2. The van der Waals surface area contributed by atoms with Crippen LogP contribution in [-0.2, 0) is 4.79 Å². The van der Waals surface area contributed by atoms with Crippen molar-refractivity contribution in [2.24, 2.45) is 0 Å². The highest BCUT2D eigenvalue weighted by molar-refractivity contribution is 5.93. The zero-order valence-electron chi connectivity index (χ0n) is 12.6. The van der Waals surface area contributed by atoms with Crippen molar-refractivity contribution in [3.8, 4) is 5.75 Å². The standard InChI is InChI=1S/C18H20N2O2/c1-3-10-22-17-9-5-7-15(12-17)19-13-18(21)20-16-8-4-6-14(2)11-16/h3-9,11-12,19H,1,10,13H2,2H3,(H,20,21). The van der Waals surface area contributed by atoms with Gasteiger partial charge in [-0.05, 0) is 36.8 Å². The van der Waals surface area contributed by atoms with E-state index < -0.39 is 0 Å². The number of carbonyl (C=O) groups is 1. The van der Waals surface area contributed by atoms with E-state index in [1.807, 2.05) is 55.5 Å². The lowest BCUT2D eigenvalue weighted by atomic mass is 10.2. The van der Waals surface area contributed by atoms with E-state index in [1.165, 1.54) is 0 Å². The number of ether oxygens (including phenoxy) is 1. The minimum Gasteiger partial charge on any atom is -0.489 e. The van der Waals surface area contributed by atoms with Gasteiger partial charge in [-0.15, -0.1) is 0 Å². The molecule has 4 heteroatoms. The van der Waals surface area contributed by atoms with Gasteiger partial charge >= 0.3 is 0 Å². The lowest BCUT2D eigenvalue weighted by Gasteiger charge is -2.10. The molecule has 2 rings (SSSR count). The largest absolute Gasteiger partial charge is 0.489 e. The molecule has 0 aromatic heterocycles. The molecule has 0 spiro atoms. The summed E-state index contributed by atoms with van der Waals surface area (Å²) in [5.41, 5.74) is 2.74. The fraction of sp³-hybridized carbons (Fsp3) is 0.167. The lowest BCUT2D eigenvalue weighted by molar-refractivity contribution is -0.114. The molecule has 0 aliphatic heterocycles. The number of aryl methyl sites for hydroxylation is 1. The maximum Gasteiger partial charge on any atom is 0.243 e. The van der Waals surface area contributed by atoms with Gasteiger partial charge in [0.15, 0.2) is 0 Å². The summed E-state index contributed by atoms with van der Waals surface area (Å²) in [7, 11) is 0. The second-order valence-electron chi connectivity index (χ2n) is 4.90. The Kier molecular flexibility index (Phi) is 5.60. The summed E-state index contributed by atoms with van der Waals surface area (Å²) in [6.45, 7) is 6.25. The molecule has 0 heterocycles. The molecule has 22 heavy (non-hydrogen) atoms. The van der Waals surface area contributed by atoms with E-state index in [2.05, 4.69) is 17.2 Å². The third-order valence-electron chi connectivity index (χ3n) is 2.96. The number of anilines is 2. The van der Waals surface area contributed by atoms with Crippen LogP contribution in [-0.4, -0.2) is 19.1 Å². The highest BCUT2D eigenvalue weighted by Gasteiger charge is 2.03. The second kappa shape index (κ2) is 7.88. The number of rotatable bonds is 7.